The molecule has 2 amide bonds. The Balaban J connectivity index is 2.12. The van der Waals surface area contributed by atoms with Gasteiger partial charge < -0.3 is 10.6 Å². The number of carbonyl (C=O) groups excluding carboxylic acids is 2. The van der Waals surface area contributed by atoms with E-state index in [1.807, 2.05) is 0 Å². The van der Waals surface area contributed by atoms with Crippen molar-refractivity contribution < 1.29 is 9.59 Å². The van der Waals surface area contributed by atoms with Crippen LogP contribution in [0.2, 0.25) is 10.0 Å². The number of carbonyl (C=O) groups is 2. The third-order valence-corrected chi connectivity index (χ3v) is 3.36. The maximum atomic E-state index is 11.9. The van der Waals surface area contributed by atoms with Gasteiger partial charge in [-0.3, -0.25) is 4.79 Å². The Morgan fingerprint density at radius 1 is 0.952 bits per heavy atom. The molecule has 4 nitrogen and oxygen atoms in total. The van der Waals surface area contributed by atoms with Gasteiger partial charge in [-0.25, -0.2) is 4.79 Å². The molecule has 2 aromatic carbocycles. The van der Waals surface area contributed by atoms with E-state index in [9.17, 15) is 9.59 Å². The summed E-state index contributed by atoms with van der Waals surface area (Å²) in [5.41, 5.74) is 1.35. The van der Waals surface area contributed by atoms with E-state index in [0.717, 1.165) is 0 Å². The van der Waals surface area contributed by atoms with Crippen LogP contribution >= 0.6 is 23.2 Å². The molecular formula is C15H12Cl2N2O2. The van der Waals surface area contributed by atoms with Crippen LogP contribution < -0.4 is 10.6 Å². The first-order valence-electron chi connectivity index (χ1n) is 6.10. The zero-order valence-corrected chi connectivity index (χ0v) is 12.6. The minimum absolute atomic E-state index is 0.0757. The van der Waals surface area contributed by atoms with Gasteiger partial charge in [-0.2, -0.15) is 0 Å². The molecule has 2 rings (SSSR count). The highest BCUT2D eigenvalue weighted by Crippen LogP contribution is 2.29. The highest BCUT2D eigenvalue weighted by atomic mass is 35.5. The number of benzene rings is 2. The Hall–Kier alpha value is -2.04. The van der Waals surface area contributed by atoms with Crippen molar-refractivity contribution in [2.24, 2.45) is 0 Å². The Morgan fingerprint density at radius 2 is 1.57 bits per heavy atom. The molecule has 0 heterocycles. The molecule has 0 aliphatic rings. The van der Waals surface area contributed by atoms with Crippen molar-refractivity contribution in [1.29, 1.82) is 0 Å². The second-order valence-electron chi connectivity index (χ2n) is 4.31. The molecule has 0 unspecified atom stereocenters. The fourth-order valence-electron chi connectivity index (χ4n) is 1.71. The zero-order valence-electron chi connectivity index (χ0n) is 11.1. The van der Waals surface area contributed by atoms with Crippen LogP contribution in [0.15, 0.2) is 42.5 Å². The van der Waals surface area contributed by atoms with Gasteiger partial charge in [0.1, 0.15) is 0 Å². The molecule has 2 aromatic rings. The number of rotatable bonds is 3. The molecule has 0 atom stereocenters. The molecule has 0 aliphatic heterocycles. The van der Waals surface area contributed by atoms with Gasteiger partial charge in [0.25, 0.3) is 0 Å². The van der Waals surface area contributed by atoms with Crippen LogP contribution in [0.25, 0.3) is 0 Å². The summed E-state index contributed by atoms with van der Waals surface area (Å²) < 4.78 is 0. The molecule has 0 bridgehead atoms. The number of urea groups is 1. The van der Waals surface area contributed by atoms with Crippen LogP contribution in [0.5, 0.6) is 0 Å². The summed E-state index contributed by atoms with van der Waals surface area (Å²) in [5, 5.41) is 5.88. The number of hydrogen-bond acceptors (Lipinski definition) is 2. The van der Waals surface area contributed by atoms with E-state index < -0.39 is 6.03 Å². The van der Waals surface area contributed by atoms with Gasteiger partial charge >= 0.3 is 6.03 Å². The Morgan fingerprint density at radius 3 is 2.19 bits per heavy atom. The molecule has 0 saturated heterocycles. The standard InChI is InChI=1S/C15H12Cl2N2O2/c1-9(20)10-4-2-5-11(8-10)18-15(21)19-14-12(16)6-3-7-13(14)17/h2-8H,1H3,(H2,18,19,21). The van der Waals surface area contributed by atoms with Crippen molar-refractivity contribution in [3.63, 3.8) is 0 Å². The van der Waals surface area contributed by atoms with Gasteiger partial charge in [-0.15, -0.1) is 0 Å². The van der Waals surface area contributed by atoms with E-state index in [1.165, 1.54) is 6.92 Å². The first kappa shape index (κ1) is 15.4. The average molecular weight is 323 g/mol. The second kappa shape index (κ2) is 6.61. The molecule has 0 aromatic heterocycles. The summed E-state index contributed by atoms with van der Waals surface area (Å²) in [5.74, 6) is -0.0757. The van der Waals surface area contributed by atoms with Gasteiger partial charge in [0, 0.05) is 11.3 Å². The lowest BCUT2D eigenvalue weighted by atomic mass is 10.1. The van der Waals surface area contributed by atoms with Crippen molar-refractivity contribution in [3.05, 3.63) is 58.1 Å². The Kier molecular flexibility index (Phi) is 4.83. The van der Waals surface area contributed by atoms with Crippen LogP contribution in [0.3, 0.4) is 0 Å². The summed E-state index contributed by atoms with van der Waals surface area (Å²) in [6, 6.07) is 11.1. The van der Waals surface area contributed by atoms with Gasteiger partial charge in [0.05, 0.1) is 15.7 Å². The SMILES string of the molecule is CC(=O)c1cccc(NC(=O)Nc2c(Cl)cccc2Cl)c1. The first-order chi connectivity index (χ1) is 9.97. The topological polar surface area (TPSA) is 58.2 Å². The van der Waals surface area contributed by atoms with Crippen molar-refractivity contribution in [3.8, 4) is 0 Å². The number of nitrogens with one attached hydrogen (secondary N) is 2. The summed E-state index contributed by atoms with van der Waals surface area (Å²) >= 11 is 11.9. The van der Waals surface area contributed by atoms with Crippen LogP contribution in [-0.4, -0.2) is 11.8 Å². The summed E-state index contributed by atoms with van der Waals surface area (Å²) in [6.07, 6.45) is 0. The molecule has 0 aliphatic carbocycles. The molecule has 0 radical (unpaired) electrons. The van der Waals surface area contributed by atoms with Crippen molar-refractivity contribution in [2.75, 3.05) is 10.6 Å². The lowest BCUT2D eigenvalue weighted by Crippen LogP contribution is -2.20. The minimum Gasteiger partial charge on any atom is -0.308 e. The van der Waals surface area contributed by atoms with E-state index in [4.69, 9.17) is 23.2 Å². The van der Waals surface area contributed by atoms with E-state index in [-0.39, 0.29) is 5.78 Å². The van der Waals surface area contributed by atoms with Crippen molar-refractivity contribution in [2.45, 2.75) is 6.92 Å². The van der Waals surface area contributed by atoms with Gasteiger partial charge in [-0.1, -0.05) is 41.4 Å². The number of para-hydroxylation sites is 1. The van der Waals surface area contributed by atoms with Crippen molar-refractivity contribution >= 4 is 46.4 Å². The molecule has 6 heteroatoms. The second-order valence-corrected chi connectivity index (χ2v) is 5.13. The lowest BCUT2D eigenvalue weighted by molar-refractivity contribution is 0.101. The van der Waals surface area contributed by atoms with Crippen LogP contribution in [0.4, 0.5) is 16.2 Å². The molecular weight excluding hydrogens is 311 g/mol. The smallest absolute Gasteiger partial charge is 0.308 e. The number of halogens is 2. The number of hydrogen-bond donors (Lipinski definition) is 2. The highest BCUT2D eigenvalue weighted by Gasteiger charge is 2.10. The molecule has 0 fully saturated rings. The molecule has 2 N–H and O–H groups in total. The monoisotopic (exact) mass is 322 g/mol. The predicted molar refractivity (Wildman–Crippen MR) is 85.5 cm³/mol. The fourth-order valence-corrected chi connectivity index (χ4v) is 2.20. The van der Waals surface area contributed by atoms with E-state index in [1.54, 1.807) is 42.5 Å². The Bertz CT molecular complexity index is 682. The molecule has 0 spiro atoms. The minimum atomic E-state index is -0.495. The lowest BCUT2D eigenvalue weighted by Gasteiger charge is -2.11. The maximum Gasteiger partial charge on any atom is 0.323 e. The van der Waals surface area contributed by atoms with Crippen LogP contribution in [0.1, 0.15) is 17.3 Å². The maximum absolute atomic E-state index is 11.9. The summed E-state index contributed by atoms with van der Waals surface area (Å²) in [7, 11) is 0. The normalized spacial score (nSPS) is 10.0. The fraction of sp³-hybridized carbons (Fsp3) is 0.0667. The summed E-state index contributed by atoms with van der Waals surface area (Å²) in [4.78, 5) is 23.2. The van der Waals surface area contributed by atoms with Crippen molar-refractivity contribution in [1.82, 2.24) is 0 Å². The number of Topliss-reactive ketones (excluding diaryl/α,β-unsaturated/α-hetero) is 1. The van der Waals surface area contributed by atoms with Gasteiger partial charge in [-0.05, 0) is 31.2 Å². The number of amides is 2. The predicted octanol–water partition coefficient (Wildman–Crippen LogP) is 4.84. The quantitative estimate of drug-likeness (QED) is 0.794. The number of anilines is 2. The average Bonchev–Trinajstić information content (AvgIpc) is 2.43. The third kappa shape index (κ3) is 3.97. The Labute approximate surface area is 132 Å². The summed E-state index contributed by atoms with van der Waals surface area (Å²) in [6.45, 7) is 1.46. The van der Waals surface area contributed by atoms with Crippen LogP contribution in [0, 0.1) is 0 Å². The van der Waals surface area contributed by atoms with E-state index in [0.29, 0.717) is 27.0 Å². The van der Waals surface area contributed by atoms with E-state index >= 15 is 0 Å². The zero-order chi connectivity index (χ0) is 15.4. The molecule has 0 saturated carbocycles. The van der Waals surface area contributed by atoms with Crippen LogP contribution in [-0.2, 0) is 0 Å². The third-order valence-electron chi connectivity index (χ3n) is 2.73. The largest absolute Gasteiger partial charge is 0.323 e. The highest BCUT2D eigenvalue weighted by molar-refractivity contribution is 6.39. The first-order valence-corrected chi connectivity index (χ1v) is 6.86. The number of ketones is 1. The van der Waals surface area contributed by atoms with Gasteiger partial charge in [0.2, 0.25) is 0 Å². The molecule has 108 valence electrons. The van der Waals surface area contributed by atoms with Gasteiger partial charge in [0.15, 0.2) is 5.78 Å². The molecule has 21 heavy (non-hydrogen) atoms. The van der Waals surface area contributed by atoms with E-state index in [2.05, 4.69) is 10.6 Å².